The van der Waals surface area contributed by atoms with Crippen LogP contribution in [-0.4, -0.2) is 17.5 Å². The van der Waals surface area contributed by atoms with Gasteiger partial charge in [-0.05, 0) is 51.7 Å². The van der Waals surface area contributed by atoms with Crippen molar-refractivity contribution in [2.45, 2.75) is 12.8 Å². The molecule has 0 atom stereocenters. The molecule has 0 saturated heterocycles. The van der Waals surface area contributed by atoms with Crippen LogP contribution in [0.4, 0.5) is 0 Å². The molecule has 5 heteroatoms. The molecule has 0 heterocycles. The van der Waals surface area contributed by atoms with E-state index in [0.717, 1.165) is 27.1 Å². The van der Waals surface area contributed by atoms with E-state index < -0.39 is 5.97 Å². The van der Waals surface area contributed by atoms with Crippen molar-refractivity contribution >= 4 is 33.6 Å². The largest absolute Gasteiger partial charge is 0.462 e. The van der Waals surface area contributed by atoms with Crippen LogP contribution < -0.4 is 0 Å². The van der Waals surface area contributed by atoms with E-state index in [1.807, 2.05) is 54.6 Å². The van der Waals surface area contributed by atoms with Crippen LogP contribution in [-0.2, 0) is 4.74 Å². The van der Waals surface area contributed by atoms with Gasteiger partial charge in [0.15, 0.2) is 0 Å². The highest BCUT2D eigenvalue weighted by atomic mass is 16.6. The molecule has 0 aliphatic carbocycles. The molecule has 0 fully saturated rings. The smallest absolute Gasteiger partial charge is 0.338 e. The van der Waals surface area contributed by atoms with Crippen LogP contribution >= 0.6 is 0 Å². The molecular formula is C26H21NO4. The number of hydrogen-bond donors (Lipinski definition) is 0. The molecule has 4 rings (SSSR count). The molecule has 31 heavy (non-hydrogen) atoms. The summed E-state index contributed by atoms with van der Waals surface area (Å²) in [5.41, 5.74) is 1.37. The Balaban J connectivity index is 1.54. The number of esters is 1. The van der Waals surface area contributed by atoms with Gasteiger partial charge in [-0.1, -0.05) is 66.7 Å². The number of rotatable bonds is 7. The minimum absolute atomic E-state index is 0.0937. The summed E-state index contributed by atoms with van der Waals surface area (Å²) in [7, 11) is 0. The predicted molar refractivity (Wildman–Crippen MR) is 122 cm³/mol. The SMILES string of the molecule is O=C(OCCCC(=Cc1cc2ccccc2c2ccccc12)[N+](=O)[O-])c1ccccc1. The molecule has 0 spiro atoms. The van der Waals surface area contributed by atoms with Gasteiger partial charge in [0.2, 0.25) is 5.70 Å². The maximum atomic E-state index is 12.0. The van der Waals surface area contributed by atoms with Crippen molar-refractivity contribution in [2.75, 3.05) is 6.61 Å². The number of fused-ring (bicyclic) bond motifs is 3. The van der Waals surface area contributed by atoms with E-state index in [1.165, 1.54) is 0 Å². The summed E-state index contributed by atoms with van der Waals surface area (Å²) in [6.45, 7) is 0.122. The van der Waals surface area contributed by atoms with Gasteiger partial charge in [0.25, 0.3) is 0 Å². The van der Waals surface area contributed by atoms with Gasteiger partial charge < -0.3 is 4.74 Å². The van der Waals surface area contributed by atoms with E-state index in [9.17, 15) is 14.9 Å². The lowest BCUT2D eigenvalue weighted by Crippen LogP contribution is -2.07. The highest BCUT2D eigenvalue weighted by molar-refractivity contribution is 6.10. The van der Waals surface area contributed by atoms with Gasteiger partial charge in [0, 0.05) is 12.5 Å². The van der Waals surface area contributed by atoms with Crippen LogP contribution in [0.25, 0.3) is 27.6 Å². The first-order valence-corrected chi connectivity index (χ1v) is 10.1. The lowest BCUT2D eigenvalue weighted by Gasteiger charge is -2.08. The number of carbonyl (C=O) groups excluding carboxylic acids is 1. The van der Waals surface area contributed by atoms with E-state index in [1.54, 1.807) is 30.3 Å². The Morgan fingerprint density at radius 1 is 0.871 bits per heavy atom. The van der Waals surface area contributed by atoms with E-state index in [2.05, 4.69) is 6.07 Å². The molecule has 0 aromatic heterocycles. The van der Waals surface area contributed by atoms with Crippen LogP contribution in [0.15, 0.2) is 90.6 Å². The summed E-state index contributed by atoms with van der Waals surface area (Å²) in [6, 6.07) is 26.6. The average Bonchev–Trinajstić information content (AvgIpc) is 2.81. The van der Waals surface area contributed by atoms with E-state index in [4.69, 9.17) is 4.74 Å². The number of ether oxygens (including phenoxy) is 1. The van der Waals surface area contributed by atoms with Crippen molar-refractivity contribution in [1.29, 1.82) is 0 Å². The molecule has 0 N–H and O–H groups in total. The first kappa shape index (κ1) is 20.3. The fourth-order valence-electron chi connectivity index (χ4n) is 3.67. The molecule has 4 aromatic carbocycles. The fourth-order valence-corrected chi connectivity index (χ4v) is 3.67. The first-order chi connectivity index (χ1) is 15.1. The van der Waals surface area contributed by atoms with Crippen LogP contribution in [0, 0.1) is 10.1 Å². The number of nitro groups is 1. The maximum absolute atomic E-state index is 12.0. The monoisotopic (exact) mass is 411 g/mol. The summed E-state index contributed by atoms with van der Waals surface area (Å²) in [4.78, 5) is 23.3. The molecule has 5 nitrogen and oxygen atoms in total. The Labute approximate surface area is 179 Å². The molecule has 154 valence electrons. The van der Waals surface area contributed by atoms with Gasteiger partial charge in [0.1, 0.15) is 0 Å². The quantitative estimate of drug-likeness (QED) is 0.119. The standard InChI is InChI=1S/C26H21NO4/c28-26(19-9-2-1-3-10-19)31-16-8-12-22(27(29)30)18-21-17-20-11-4-5-13-23(20)25-15-7-6-14-24(21)25/h1-7,9-11,13-15,17-18H,8,12,16H2. The van der Waals surface area contributed by atoms with Gasteiger partial charge in [-0.25, -0.2) is 4.79 Å². The molecule has 0 amide bonds. The third-order valence-electron chi connectivity index (χ3n) is 5.18. The van der Waals surface area contributed by atoms with Gasteiger partial charge in [-0.2, -0.15) is 0 Å². The minimum atomic E-state index is -0.423. The van der Waals surface area contributed by atoms with E-state index in [-0.39, 0.29) is 23.6 Å². The van der Waals surface area contributed by atoms with Crippen LogP contribution in [0.1, 0.15) is 28.8 Å². The zero-order valence-corrected chi connectivity index (χ0v) is 16.9. The Morgan fingerprint density at radius 3 is 2.26 bits per heavy atom. The lowest BCUT2D eigenvalue weighted by atomic mass is 9.96. The lowest BCUT2D eigenvalue weighted by molar-refractivity contribution is -0.426. The average molecular weight is 411 g/mol. The van der Waals surface area contributed by atoms with Gasteiger partial charge in [-0.15, -0.1) is 0 Å². The topological polar surface area (TPSA) is 69.4 Å². The highest BCUT2D eigenvalue weighted by Crippen LogP contribution is 2.30. The molecule has 0 aliphatic heterocycles. The number of benzene rings is 4. The molecule has 0 aliphatic rings. The number of nitrogens with zero attached hydrogens (tertiary/aromatic N) is 1. The van der Waals surface area contributed by atoms with Crippen molar-refractivity contribution in [3.8, 4) is 0 Å². The summed E-state index contributed by atoms with van der Waals surface area (Å²) >= 11 is 0. The third kappa shape index (κ3) is 4.61. The first-order valence-electron chi connectivity index (χ1n) is 10.1. The van der Waals surface area contributed by atoms with Crippen LogP contribution in [0.3, 0.4) is 0 Å². The second-order valence-corrected chi connectivity index (χ2v) is 7.23. The summed E-state index contributed by atoms with van der Waals surface area (Å²) in [5.74, 6) is -0.423. The van der Waals surface area contributed by atoms with Crippen LogP contribution in [0.5, 0.6) is 0 Å². The molecular weight excluding hydrogens is 390 g/mol. The molecule has 0 saturated carbocycles. The molecule has 0 radical (unpaired) electrons. The minimum Gasteiger partial charge on any atom is -0.462 e. The van der Waals surface area contributed by atoms with Crippen molar-refractivity contribution in [3.63, 3.8) is 0 Å². The van der Waals surface area contributed by atoms with Crippen molar-refractivity contribution in [1.82, 2.24) is 0 Å². The third-order valence-corrected chi connectivity index (χ3v) is 5.18. The van der Waals surface area contributed by atoms with E-state index >= 15 is 0 Å². The van der Waals surface area contributed by atoms with Gasteiger partial charge in [0.05, 0.1) is 17.1 Å². The summed E-state index contributed by atoms with van der Waals surface area (Å²) < 4.78 is 5.25. The zero-order valence-electron chi connectivity index (χ0n) is 16.9. The second-order valence-electron chi connectivity index (χ2n) is 7.23. The second kappa shape index (κ2) is 9.22. The summed E-state index contributed by atoms with van der Waals surface area (Å²) in [5, 5.41) is 15.9. The Bertz CT molecular complexity index is 1280. The Hall–Kier alpha value is -3.99. The van der Waals surface area contributed by atoms with Crippen molar-refractivity contribution in [3.05, 3.63) is 112 Å². The summed E-state index contributed by atoms with van der Waals surface area (Å²) in [6.07, 6.45) is 2.21. The fraction of sp³-hybridized carbons (Fsp3) is 0.115. The molecule has 0 unspecified atom stereocenters. The Morgan fingerprint density at radius 2 is 1.52 bits per heavy atom. The Kier molecular flexibility index (Phi) is 6.03. The normalized spacial score (nSPS) is 11.5. The maximum Gasteiger partial charge on any atom is 0.338 e. The van der Waals surface area contributed by atoms with Crippen molar-refractivity contribution in [2.24, 2.45) is 0 Å². The predicted octanol–water partition coefficient (Wildman–Crippen LogP) is 6.25. The van der Waals surface area contributed by atoms with Gasteiger partial charge in [-0.3, -0.25) is 10.1 Å². The molecule has 4 aromatic rings. The van der Waals surface area contributed by atoms with Crippen LogP contribution in [0.2, 0.25) is 0 Å². The number of hydrogen-bond acceptors (Lipinski definition) is 4. The van der Waals surface area contributed by atoms with E-state index in [0.29, 0.717) is 12.0 Å². The number of carbonyl (C=O) groups is 1. The number of allylic oxidation sites excluding steroid dienone is 1. The highest BCUT2D eigenvalue weighted by Gasteiger charge is 2.14. The van der Waals surface area contributed by atoms with Crippen molar-refractivity contribution < 1.29 is 14.5 Å². The zero-order chi connectivity index (χ0) is 21.6. The van der Waals surface area contributed by atoms with Gasteiger partial charge >= 0.3 is 5.97 Å². The molecule has 0 bridgehead atoms.